The summed E-state index contributed by atoms with van der Waals surface area (Å²) >= 11 is 6.02. The van der Waals surface area contributed by atoms with Gasteiger partial charge in [-0.3, -0.25) is 14.3 Å². The quantitative estimate of drug-likeness (QED) is 0.359. The van der Waals surface area contributed by atoms with Gasteiger partial charge in [0.1, 0.15) is 0 Å². The van der Waals surface area contributed by atoms with Crippen molar-refractivity contribution in [1.82, 2.24) is 19.8 Å². The van der Waals surface area contributed by atoms with Crippen molar-refractivity contribution >= 4 is 38.4 Å². The molecule has 3 N–H and O–H groups in total. The normalized spacial score (nSPS) is 16.5. The van der Waals surface area contributed by atoms with Crippen LogP contribution in [0.15, 0.2) is 44.8 Å². The number of amides is 1. The topological polar surface area (TPSA) is 142 Å². The van der Waals surface area contributed by atoms with Crippen LogP contribution in [-0.2, 0) is 29.1 Å². The maximum Gasteiger partial charge on any atom is 0.416 e. The van der Waals surface area contributed by atoms with Crippen LogP contribution in [0.25, 0.3) is 10.9 Å². The summed E-state index contributed by atoms with van der Waals surface area (Å²) in [5.74, 6) is -0.318. The summed E-state index contributed by atoms with van der Waals surface area (Å²) in [5, 5.41) is 10.8. The van der Waals surface area contributed by atoms with Gasteiger partial charge in [-0.25, -0.2) is 18.0 Å². The van der Waals surface area contributed by atoms with Crippen LogP contribution >= 0.6 is 11.6 Å². The molecule has 2 aromatic carbocycles. The molecule has 4 rings (SSSR count). The molecule has 1 atom stereocenters. The zero-order chi connectivity index (χ0) is 29.4. The van der Waals surface area contributed by atoms with Crippen LogP contribution in [0.3, 0.4) is 0 Å². The van der Waals surface area contributed by atoms with Crippen LogP contribution in [0.1, 0.15) is 30.0 Å². The number of hydrogen-bond donors (Lipinski definition) is 3. The number of aromatic nitrogens is 2. The molecule has 1 aliphatic heterocycles. The fourth-order valence-electron chi connectivity index (χ4n) is 4.88. The smallest absolute Gasteiger partial charge is 0.416 e. The van der Waals surface area contributed by atoms with Gasteiger partial charge >= 0.3 is 18.0 Å². The molecule has 15 heteroatoms. The molecule has 10 nitrogen and oxygen atoms in total. The molecule has 0 unspecified atom stereocenters. The van der Waals surface area contributed by atoms with Crippen molar-refractivity contribution in [2.45, 2.75) is 37.5 Å². The summed E-state index contributed by atoms with van der Waals surface area (Å²) < 4.78 is 68.1. The molecule has 1 saturated heterocycles. The van der Waals surface area contributed by atoms with Gasteiger partial charge in [0.25, 0.3) is 5.56 Å². The van der Waals surface area contributed by atoms with E-state index in [9.17, 15) is 36.0 Å². The van der Waals surface area contributed by atoms with Crippen LogP contribution in [0.5, 0.6) is 0 Å². The molecule has 0 bridgehead atoms. The Balaban J connectivity index is 1.74. The number of nitrogens with one attached hydrogen (secondary N) is 2. The first kappa shape index (κ1) is 29.6. The third-order valence-corrected chi connectivity index (χ3v) is 8.95. The van der Waals surface area contributed by atoms with Crippen molar-refractivity contribution < 1.29 is 31.5 Å². The average Bonchev–Trinajstić information content (AvgIpc) is 3.31. The van der Waals surface area contributed by atoms with Crippen molar-refractivity contribution in [3.8, 4) is 0 Å². The molecular weight excluding hydrogens is 577 g/mol. The van der Waals surface area contributed by atoms with E-state index in [1.54, 1.807) is 4.90 Å². The zero-order valence-corrected chi connectivity index (χ0v) is 22.8. The van der Waals surface area contributed by atoms with Gasteiger partial charge in [0, 0.05) is 24.7 Å². The molecule has 1 amide bonds. The van der Waals surface area contributed by atoms with Gasteiger partial charge in [-0.1, -0.05) is 18.5 Å². The number of carboxylic acid groups (broad SMARTS) is 1. The van der Waals surface area contributed by atoms with Gasteiger partial charge in [-0.2, -0.15) is 13.2 Å². The van der Waals surface area contributed by atoms with Crippen molar-refractivity contribution in [3.63, 3.8) is 0 Å². The first-order valence-electron chi connectivity index (χ1n) is 12.3. The molecule has 40 heavy (non-hydrogen) atoms. The number of sulfone groups is 1. The molecule has 1 aromatic heterocycles. The number of H-pyrrole nitrogens is 1. The maximum atomic E-state index is 14.1. The highest BCUT2D eigenvalue weighted by atomic mass is 35.5. The highest BCUT2D eigenvalue weighted by Crippen LogP contribution is 2.35. The molecular formula is C25H26ClF3N4O6S. The Kier molecular flexibility index (Phi) is 8.33. The molecule has 0 saturated carbocycles. The van der Waals surface area contributed by atoms with Crippen molar-refractivity contribution in [1.29, 1.82) is 0 Å². The minimum Gasteiger partial charge on any atom is -0.465 e. The number of carbonyl (C=O) groups is 1. The standard InChI is InChI=1S/C25H26ClF3N4O6S/c1-2-40(38,39)21-4-3-17(26)7-16(21)13-33-22(34)18-9-19(25(27,28)29)15(8-20(18)31-23(33)35)12-32-6-5-14(11-32)10-30-24(36)37/h3-4,7-9,14,30H,2,5-6,10-13H2,1H3,(H,31,35)(H,36,37)/t14-/m0/s1. The molecule has 1 aliphatic rings. The van der Waals surface area contributed by atoms with Crippen LogP contribution in [-0.4, -0.2) is 59.5 Å². The summed E-state index contributed by atoms with van der Waals surface area (Å²) in [7, 11) is -3.76. The summed E-state index contributed by atoms with van der Waals surface area (Å²) in [5.41, 5.74) is -3.17. The monoisotopic (exact) mass is 602 g/mol. The Hall–Kier alpha value is -3.36. The minimum atomic E-state index is -4.81. The van der Waals surface area contributed by atoms with Crippen molar-refractivity contribution in [2.24, 2.45) is 5.92 Å². The Morgan fingerprint density at radius 2 is 1.90 bits per heavy atom. The zero-order valence-electron chi connectivity index (χ0n) is 21.2. The van der Waals surface area contributed by atoms with E-state index < -0.39 is 45.5 Å². The van der Waals surface area contributed by atoms with E-state index in [4.69, 9.17) is 16.7 Å². The van der Waals surface area contributed by atoms with E-state index in [1.807, 2.05) is 0 Å². The Labute approximate surface area is 231 Å². The SMILES string of the molecule is CCS(=O)(=O)c1ccc(Cl)cc1Cn1c(=O)[nH]c2cc(CN3CC[C@@H](CNC(=O)O)C3)c(C(F)(F)F)cc2c1=O. The summed E-state index contributed by atoms with van der Waals surface area (Å²) in [6.07, 6.45) is -5.40. The molecule has 3 aromatic rings. The number of alkyl halides is 3. The third kappa shape index (κ3) is 6.34. The van der Waals surface area contributed by atoms with Crippen LogP contribution < -0.4 is 16.6 Å². The molecule has 0 spiro atoms. The van der Waals surface area contributed by atoms with E-state index >= 15 is 0 Å². The Bertz CT molecular complexity index is 1690. The first-order valence-corrected chi connectivity index (χ1v) is 14.3. The molecule has 1 fully saturated rings. The van der Waals surface area contributed by atoms with Crippen molar-refractivity contribution in [3.05, 3.63) is 72.9 Å². The molecule has 0 radical (unpaired) electrons. The predicted molar refractivity (Wildman–Crippen MR) is 142 cm³/mol. The number of nitrogens with zero attached hydrogens (tertiary/aromatic N) is 2. The lowest BCUT2D eigenvalue weighted by atomic mass is 10.0. The lowest BCUT2D eigenvalue weighted by Crippen LogP contribution is -2.36. The molecule has 2 heterocycles. The number of rotatable bonds is 8. The van der Waals surface area contributed by atoms with E-state index in [1.165, 1.54) is 25.1 Å². The average molecular weight is 603 g/mol. The fraction of sp³-hybridized carbons (Fsp3) is 0.400. The summed E-state index contributed by atoms with van der Waals surface area (Å²) in [4.78, 5) is 41.0. The van der Waals surface area contributed by atoms with Gasteiger partial charge < -0.3 is 15.4 Å². The largest absolute Gasteiger partial charge is 0.465 e. The highest BCUT2D eigenvalue weighted by molar-refractivity contribution is 7.91. The number of halogens is 4. The van der Waals surface area contributed by atoms with Gasteiger partial charge in [0.15, 0.2) is 9.84 Å². The Morgan fingerprint density at radius 3 is 2.55 bits per heavy atom. The second-order valence-electron chi connectivity index (χ2n) is 9.61. The second kappa shape index (κ2) is 11.3. The number of fused-ring (bicyclic) bond motifs is 1. The van der Waals surface area contributed by atoms with E-state index in [2.05, 4.69) is 10.3 Å². The summed E-state index contributed by atoms with van der Waals surface area (Å²) in [6, 6.07) is 5.72. The molecule has 0 aliphatic carbocycles. The van der Waals surface area contributed by atoms with Crippen LogP contribution in [0.4, 0.5) is 18.0 Å². The van der Waals surface area contributed by atoms with Crippen molar-refractivity contribution in [2.75, 3.05) is 25.4 Å². The number of aromatic amines is 1. The van der Waals surface area contributed by atoms with Gasteiger partial charge in [-0.15, -0.1) is 0 Å². The number of benzene rings is 2. The predicted octanol–water partition coefficient (Wildman–Crippen LogP) is 3.29. The van der Waals surface area contributed by atoms with E-state index in [-0.39, 0.29) is 56.7 Å². The third-order valence-electron chi connectivity index (χ3n) is 6.88. The number of hydrogen-bond acceptors (Lipinski definition) is 6. The van der Waals surface area contributed by atoms with Gasteiger partial charge in [0.2, 0.25) is 0 Å². The van der Waals surface area contributed by atoms with Gasteiger partial charge in [0.05, 0.1) is 33.7 Å². The first-order chi connectivity index (χ1) is 18.7. The lowest BCUT2D eigenvalue weighted by molar-refractivity contribution is -0.138. The maximum absolute atomic E-state index is 14.1. The van der Waals surface area contributed by atoms with Crippen LogP contribution in [0.2, 0.25) is 5.02 Å². The van der Waals surface area contributed by atoms with E-state index in [0.717, 1.165) is 6.07 Å². The van der Waals surface area contributed by atoms with Crippen LogP contribution in [0, 0.1) is 5.92 Å². The fourth-order valence-corrected chi connectivity index (χ4v) is 6.18. The number of likely N-dealkylation sites (tertiary alicyclic amines) is 1. The summed E-state index contributed by atoms with van der Waals surface area (Å²) in [6.45, 7) is 1.77. The van der Waals surface area contributed by atoms with Gasteiger partial charge in [-0.05, 0) is 60.3 Å². The Morgan fingerprint density at radius 1 is 1.18 bits per heavy atom. The highest BCUT2D eigenvalue weighted by Gasteiger charge is 2.35. The second-order valence-corrected chi connectivity index (χ2v) is 12.3. The lowest BCUT2D eigenvalue weighted by Gasteiger charge is -2.20. The van der Waals surface area contributed by atoms with E-state index in [0.29, 0.717) is 30.1 Å². The molecule has 216 valence electrons. The minimum absolute atomic E-state index is 0.0509.